The van der Waals surface area contributed by atoms with Crippen LogP contribution in [0.2, 0.25) is 0 Å². The van der Waals surface area contributed by atoms with Gasteiger partial charge >= 0.3 is 5.97 Å². The van der Waals surface area contributed by atoms with Crippen molar-refractivity contribution >= 4 is 40.1 Å². The van der Waals surface area contributed by atoms with Crippen LogP contribution in [0.1, 0.15) is 11.3 Å². The molecule has 32 heavy (non-hydrogen) atoms. The maximum Gasteiger partial charge on any atom is 0.336 e. The average molecular weight is 499 g/mol. The van der Waals surface area contributed by atoms with Gasteiger partial charge in [-0.05, 0) is 82.2 Å². The number of hydrazone groups is 1. The fourth-order valence-corrected chi connectivity index (χ4v) is 2.86. The molecule has 8 nitrogen and oxygen atoms in total. The number of methoxy groups -OCH3 is 1. The number of carbonyl (C=O) groups is 2. The summed E-state index contributed by atoms with van der Waals surface area (Å²) in [4.78, 5) is 23.7. The van der Waals surface area contributed by atoms with Gasteiger partial charge in [-0.15, -0.1) is 0 Å². The first-order valence-electron chi connectivity index (χ1n) is 9.35. The molecular formula is C23H19BrN2O6. The largest absolute Gasteiger partial charge is 0.497 e. The van der Waals surface area contributed by atoms with Crippen LogP contribution in [0.4, 0.5) is 0 Å². The van der Waals surface area contributed by atoms with Crippen LogP contribution in [0.25, 0.3) is 6.08 Å². The molecule has 0 aliphatic rings. The Morgan fingerprint density at radius 2 is 1.91 bits per heavy atom. The van der Waals surface area contributed by atoms with E-state index >= 15 is 0 Å². The van der Waals surface area contributed by atoms with Gasteiger partial charge < -0.3 is 18.6 Å². The molecule has 0 spiro atoms. The van der Waals surface area contributed by atoms with Crippen molar-refractivity contribution in [1.82, 2.24) is 5.43 Å². The van der Waals surface area contributed by atoms with Crippen molar-refractivity contribution in [2.24, 2.45) is 5.10 Å². The van der Waals surface area contributed by atoms with Gasteiger partial charge in [-0.25, -0.2) is 10.2 Å². The molecule has 3 rings (SSSR count). The SMILES string of the molecule is COc1ccc(OCC(=O)N/N=C/c2ccc(OC(=O)/C=C\c3ccco3)cc2)c(Br)c1. The number of nitrogens with one attached hydrogen (secondary N) is 1. The summed E-state index contributed by atoms with van der Waals surface area (Å²) in [5.74, 6) is 1.16. The Kier molecular flexibility index (Phi) is 8.22. The van der Waals surface area contributed by atoms with Crippen molar-refractivity contribution in [3.63, 3.8) is 0 Å². The minimum Gasteiger partial charge on any atom is -0.497 e. The molecule has 164 valence electrons. The molecule has 0 unspecified atom stereocenters. The number of nitrogens with zero attached hydrogens (tertiary/aromatic N) is 1. The number of benzene rings is 2. The smallest absolute Gasteiger partial charge is 0.336 e. The van der Waals surface area contributed by atoms with Gasteiger partial charge in [0.25, 0.3) is 5.91 Å². The van der Waals surface area contributed by atoms with Gasteiger partial charge in [0.2, 0.25) is 0 Å². The Morgan fingerprint density at radius 1 is 1.12 bits per heavy atom. The van der Waals surface area contributed by atoms with Crippen LogP contribution >= 0.6 is 15.9 Å². The fourth-order valence-electron chi connectivity index (χ4n) is 2.39. The molecule has 1 amide bonds. The topological polar surface area (TPSA) is 99.4 Å². The number of carbonyl (C=O) groups excluding carboxylic acids is 2. The monoisotopic (exact) mass is 498 g/mol. The van der Waals surface area contributed by atoms with E-state index < -0.39 is 11.9 Å². The highest BCUT2D eigenvalue weighted by molar-refractivity contribution is 9.10. The molecule has 3 aromatic rings. The van der Waals surface area contributed by atoms with E-state index in [-0.39, 0.29) is 6.61 Å². The molecule has 0 aliphatic carbocycles. The third-order valence-corrected chi connectivity index (χ3v) is 4.55. The highest BCUT2D eigenvalue weighted by Crippen LogP contribution is 2.28. The highest BCUT2D eigenvalue weighted by atomic mass is 79.9. The van der Waals surface area contributed by atoms with Crippen molar-refractivity contribution in [2.45, 2.75) is 0 Å². The van der Waals surface area contributed by atoms with E-state index in [1.54, 1.807) is 61.7 Å². The number of rotatable bonds is 9. The molecule has 9 heteroatoms. The van der Waals surface area contributed by atoms with Crippen LogP contribution in [0.5, 0.6) is 17.2 Å². The summed E-state index contributed by atoms with van der Waals surface area (Å²) in [6, 6.07) is 15.2. The van der Waals surface area contributed by atoms with Crippen LogP contribution in [0, 0.1) is 0 Å². The quantitative estimate of drug-likeness (QED) is 0.156. The summed E-state index contributed by atoms with van der Waals surface area (Å²) in [6.07, 6.45) is 5.77. The van der Waals surface area contributed by atoms with Crippen molar-refractivity contribution in [3.8, 4) is 17.2 Å². The van der Waals surface area contributed by atoms with Crippen molar-refractivity contribution in [3.05, 3.63) is 82.7 Å². The van der Waals surface area contributed by atoms with E-state index in [4.69, 9.17) is 18.6 Å². The van der Waals surface area contributed by atoms with Gasteiger partial charge in [-0.3, -0.25) is 4.79 Å². The van der Waals surface area contributed by atoms with E-state index in [0.717, 1.165) is 0 Å². The number of ether oxygens (including phenoxy) is 3. The summed E-state index contributed by atoms with van der Waals surface area (Å²) in [6.45, 7) is -0.206. The zero-order valence-corrected chi connectivity index (χ0v) is 18.6. The summed E-state index contributed by atoms with van der Waals surface area (Å²) >= 11 is 3.35. The van der Waals surface area contributed by atoms with Crippen molar-refractivity contribution < 1.29 is 28.2 Å². The van der Waals surface area contributed by atoms with Gasteiger partial charge in [0.1, 0.15) is 23.0 Å². The first-order chi connectivity index (χ1) is 15.5. The molecule has 0 radical (unpaired) electrons. The van der Waals surface area contributed by atoms with Crippen LogP contribution in [-0.4, -0.2) is 31.8 Å². The van der Waals surface area contributed by atoms with Gasteiger partial charge in [0.15, 0.2) is 6.61 Å². The van der Waals surface area contributed by atoms with Gasteiger partial charge in [-0.1, -0.05) is 0 Å². The summed E-state index contributed by atoms with van der Waals surface area (Å²) in [5.41, 5.74) is 3.09. The number of hydrogen-bond acceptors (Lipinski definition) is 7. The van der Waals surface area contributed by atoms with E-state index in [1.807, 2.05) is 0 Å². The van der Waals surface area contributed by atoms with E-state index in [2.05, 4.69) is 26.5 Å². The Hall–Kier alpha value is -3.85. The van der Waals surface area contributed by atoms with E-state index in [9.17, 15) is 9.59 Å². The number of hydrogen-bond donors (Lipinski definition) is 1. The summed E-state index contributed by atoms with van der Waals surface area (Å²) in [7, 11) is 1.56. The molecule has 0 saturated carbocycles. The van der Waals surface area contributed by atoms with Crippen molar-refractivity contribution in [2.75, 3.05) is 13.7 Å². The summed E-state index contributed by atoms with van der Waals surface area (Å²) < 4.78 is 21.5. The van der Waals surface area contributed by atoms with Gasteiger partial charge in [0.05, 0.1) is 24.1 Å². The number of amides is 1. The van der Waals surface area contributed by atoms with Gasteiger partial charge in [-0.2, -0.15) is 5.10 Å². The lowest BCUT2D eigenvalue weighted by Crippen LogP contribution is -2.24. The summed E-state index contributed by atoms with van der Waals surface area (Å²) in [5, 5.41) is 3.89. The highest BCUT2D eigenvalue weighted by Gasteiger charge is 2.06. The lowest BCUT2D eigenvalue weighted by atomic mass is 10.2. The molecule has 1 aromatic heterocycles. The molecule has 1 N–H and O–H groups in total. The minimum absolute atomic E-state index is 0.206. The molecule has 0 aliphatic heterocycles. The zero-order valence-electron chi connectivity index (χ0n) is 17.0. The zero-order chi connectivity index (χ0) is 22.8. The average Bonchev–Trinajstić information content (AvgIpc) is 3.32. The Labute approximate surface area is 192 Å². The fraction of sp³-hybridized carbons (Fsp3) is 0.0870. The molecular weight excluding hydrogens is 480 g/mol. The maximum absolute atomic E-state index is 11.9. The maximum atomic E-state index is 11.9. The third kappa shape index (κ3) is 7.13. The second-order valence-electron chi connectivity index (χ2n) is 6.22. The first kappa shape index (κ1) is 22.8. The Balaban J connectivity index is 1.43. The molecule has 2 aromatic carbocycles. The normalized spacial score (nSPS) is 10.9. The predicted octanol–water partition coefficient (Wildman–Crippen LogP) is 4.20. The number of halogens is 1. The van der Waals surface area contributed by atoms with Gasteiger partial charge in [0, 0.05) is 6.08 Å². The molecule has 0 bridgehead atoms. The molecule has 1 heterocycles. The molecule has 0 fully saturated rings. The predicted molar refractivity (Wildman–Crippen MR) is 122 cm³/mol. The Morgan fingerprint density at radius 3 is 2.59 bits per heavy atom. The second kappa shape index (κ2) is 11.5. The van der Waals surface area contributed by atoms with Crippen LogP contribution in [0.3, 0.4) is 0 Å². The van der Waals surface area contributed by atoms with Crippen LogP contribution in [-0.2, 0) is 9.59 Å². The van der Waals surface area contributed by atoms with E-state index in [0.29, 0.717) is 33.0 Å². The number of esters is 1. The molecule has 0 saturated heterocycles. The minimum atomic E-state index is -0.529. The lowest BCUT2D eigenvalue weighted by molar-refractivity contribution is -0.129. The van der Waals surface area contributed by atoms with Crippen LogP contribution in [0.15, 0.2) is 80.9 Å². The van der Waals surface area contributed by atoms with E-state index in [1.165, 1.54) is 24.6 Å². The lowest BCUT2D eigenvalue weighted by Gasteiger charge is -2.08. The van der Waals surface area contributed by atoms with Crippen LogP contribution < -0.4 is 19.6 Å². The first-order valence-corrected chi connectivity index (χ1v) is 10.1. The Bertz CT molecular complexity index is 1110. The van der Waals surface area contributed by atoms with Crippen molar-refractivity contribution in [1.29, 1.82) is 0 Å². The third-order valence-electron chi connectivity index (χ3n) is 3.93. The standard InChI is InChI=1S/C23H19BrN2O6/c1-29-19-8-10-21(20(24)13-19)31-15-22(27)26-25-14-16-4-6-18(7-5-16)32-23(28)11-9-17-3-2-12-30-17/h2-14H,15H2,1H3,(H,26,27)/b11-9-,25-14+. The second-order valence-corrected chi connectivity index (χ2v) is 7.07. The molecule has 0 atom stereocenters. The number of furan rings is 1.